The van der Waals surface area contributed by atoms with Crippen molar-refractivity contribution in [1.82, 2.24) is 4.98 Å². The van der Waals surface area contributed by atoms with E-state index in [4.69, 9.17) is 4.42 Å². The Morgan fingerprint density at radius 2 is 1.83 bits per heavy atom. The molecule has 1 N–H and O–H groups in total. The predicted octanol–water partition coefficient (Wildman–Crippen LogP) is 4.15. The average molecular weight is 310 g/mol. The van der Waals surface area contributed by atoms with Gasteiger partial charge >= 0.3 is 0 Å². The first-order chi connectivity index (χ1) is 11.2. The summed E-state index contributed by atoms with van der Waals surface area (Å²) in [6, 6.07) is 5.72. The number of hydrogen-bond acceptors (Lipinski definition) is 3. The molecule has 1 aromatic carbocycles. The van der Waals surface area contributed by atoms with E-state index in [1.54, 1.807) is 0 Å². The number of carbonyl (C=O) groups is 1. The largest absolute Gasteiger partial charge is 0.441 e. The number of hydrogen-bond donors (Lipinski definition) is 1. The Bertz CT molecular complexity index is 751. The van der Waals surface area contributed by atoms with Crippen molar-refractivity contribution in [2.45, 2.75) is 39.0 Å². The Labute approximate surface area is 135 Å². The molecule has 4 heteroatoms. The van der Waals surface area contributed by atoms with Crippen LogP contribution in [0.2, 0.25) is 0 Å². The highest BCUT2D eigenvalue weighted by Gasteiger charge is 2.50. The van der Waals surface area contributed by atoms with Crippen molar-refractivity contribution in [2.75, 3.05) is 5.32 Å². The van der Waals surface area contributed by atoms with Crippen LogP contribution in [-0.2, 0) is 4.79 Å². The average Bonchev–Trinajstić information content (AvgIpc) is 2.85. The summed E-state index contributed by atoms with van der Waals surface area (Å²) in [6.45, 7) is 1.84. The van der Waals surface area contributed by atoms with Gasteiger partial charge in [0.05, 0.1) is 0 Å². The third kappa shape index (κ3) is 2.19. The predicted molar refractivity (Wildman–Crippen MR) is 87.9 cm³/mol. The highest BCUT2D eigenvalue weighted by atomic mass is 16.3. The monoisotopic (exact) mass is 310 g/mol. The zero-order valence-electron chi connectivity index (χ0n) is 13.4. The first kappa shape index (κ1) is 13.6. The number of oxazole rings is 1. The van der Waals surface area contributed by atoms with Gasteiger partial charge in [0.15, 0.2) is 11.5 Å². The first-order valence-corrected chi connectivity index (χ1v) is 8.84. The van der Waals surface area contributed by atoms with E-state index in [1.165, 1.54) is 32.1 Å². The summed E-state index contributed by atoms with van der Waals surface area (Å²) in [5.41, 5.74) is 2.42. The van der Waals surface area contributed by atoms with Crippen molar-refractivity contribution in [1.29, 1.82) is 0 Å². The van der Waals surface area contributed by atoms with Crippen molar-refractivity contribution in [3.8, 4) is 0 Å². The van der Waals surface area contributed by atoms with Crippen molar-refractivity contribution in [2.24, 2.45) is 29.6 Å². The molecule has 0 atom stereocenters. The second-order valence-electron chi connectivity index (χ2n) is 7.86. The van der Waals surface area contributed by atoms with E-state index in [1.807, 2.05) is 25.1 Å². The summed E-state index contributed by atoms with van der Waals surface area (Å²) < 4.78 is 5.50. The Morgan fingerprint density at radius 3 is 2.52 bits per heavy atom. The van der Waals surface area contributed by atoms with Crippen LogP contribution in [0.25, 0.3) is 11.1 Å². The molecule has 4 aliphatic carbocycles. The van der Waals surface area contributed by atoms with Crippen LogP contribution in [-0.4, -0.2) is 10.9 Å². The molecule has 1 aromatic heterocycles. The third-order valence-corrected chi connectivity index (χ3v) is 6.29. The van der Waals surface area contributed by atoms with Crippen LogP contribution >= 0.6 is 0 Å². The molecular weight excluding hydrogens is 288 g/mol. The van der Waals surface area contributed by atoms with Crippen LogP contribution in [0, 0.1) is 36.5 Å². The van der Waals surface area contributed by atoms with Crippen LogP contribution < -0.4 is 5.32 Å². The number of fused-ring (bicyclic) bond motifs is 1. The van der Waals surface area contributed by atoms with Gasteiger partial charge in [0.2, 0.25) is 5.91 Å². The minimum Gasteiger partial charge on any atom is -0.441 e. The highest BCUT2D eigenvalue weighted by Crippen LogP contribution is 2.56. The minimum atomic E-state index is 0.220. The number of nitrogens with one attached hydrogen (secondary N) is 1. The molecule has 1 amide bonds. The smallest absolute Gasteiger partial charge is 0.228 e. The number of nitrogens with zero attached hydrogens (tertiary/aromatic N) is 1. The normalized spacial score (nSPS) is 34.9. The topological polar surface area (TPSA) is 55.1 Å². The molecular formula is C19H22N2O2. The van der Waals surface area contributed by atoms with Gasteiger partial charge in [0.25, 0.3) is 0 Å². The summed E-state index contributed by atoms with van der Waals surface area (Å²) in [6.07, 6.45) is 6.50. The summed E-state index contributed by atoms with van der Waals surface area (Å²) >= 11 is 0. The molecule has 4 fully saturated rings. The third-order valence-electron chi connectivity index (χ3n) is 6.29. The highest BCUT2D eigenvalue weighted by molar-refractivity contribution is 5.94. The fraction of sp³-hybridized carbons (Fsp3) is 0.579. The van der Waals surface area contributed by atoms with Crippen molar-refractivity contribution >= 4 is 22.7 Å². The molecule has 23 heavy (non-hydrogen) atoms. The van der Waals surface area contributed by atoms with Gasteiger partial charge in [-0.3, -0.25) is 4.79 Å². The Hall–Kier alpha value is -1.84. The number of aromatic nitrogens is 1. The fourth-order valence-corrected chi connectivity index (χ4v) is 5.70. The van der Waals surface area contributed by atoms with Gasteiger partial charge in [-0.25, -0.2) is 4.98 Å². The molecule has 4 aliphatic rings. The van der Waals surface area contributed by atoms with Gasteiger partial charge in [0, 0.05) is 18.5 Å². The lowest BCUT2D eigenvalue weighted by molar-refractivity contribution is -0.132. The second kappa shape index (κ2) is 4.83. The van der Waals surface area contributed by atoms with Gasteiger partial charge in [-0.15, -0.1) is 0 Å². The molecule has 0 unspecified atom stereocenters. The van der Waals surface area contributed by atoms with Crippen LogP contribution in [0.3, 0.4) is 0 Å². The second-order valence-corrected chi connectivity index (χ2v) is 7.86. The molecule has 0 aliphatic heterocycles. The number of benzene rings is 1. The van der Waals surface area contributed by atoms with Crippen LogP contribution in [0.1, 0.15) is 38.0 Å². The summed E-state index contributed by atoms with van der Waals surface area (Å²) in [5, 5.41) is 3.15. The van der Waals surface area contributed by atoms with Gasteiger partial charge in [0.1, 0.15) is 5.52 Å². The zero-order valence-corrected chi connectivity index (χ0v) is 13.4. The fourth-order valence-electron chi connectivity index (χ4n) is 5.70. The zero-order chi connectivity index (χ0) is 15.6. The number of aryl methyl sites for hydroxylation is 1. The Balaban J connectivity index is 1.38. The van der Waals surface area contributed by atoms with E-state index >= 15 is 0 Å². The maximum absolute atomic E-state index is 12.9. The first-order valence-electron chi connectivity index (χ1n) is 8.84. The van der Waals surface area contributed by atoms with Gasteiger partial charge in [-0.1, -0.05) is 0 Å². The van der Waals surface area contributed by atoms with Crippen LogP contribution in [0.4, 0.5) is 5.69 Å². The quantitative estimate of drug-likeness (QED) is 0.906. The van der Waals surface area contributed by atoms with Crippen molar-refractivity contribution in [3.63, 3.8) is 0 Å². The lowest BCUT2D eigenvalue weighted by Crippen LogP contribution is -2.49. The molecule has 4 bridgehead atoms. The molecule has 6 rings (SSSR count). The van der Waals surface area contributed by atoms with E-state index in [9.17, 15) is 4.79 Å². The number of amides is 1. The molecule has 0 saturated heterocycles. The number of anilines is 1. The minimum absolute atomic E-state index is 0.220. The van der Waals surface area contributed by atoms with E-state index in [0.29, 0.717) is 17.7 Å². The Morgan fingerprint density at radius 1 is 1.13 bits per heavy atom. The number of carbonyl (C=O) groups excluding carboxylic acids is 1. The number of rotatable bonds is 2. The summed E-state index contributed by atoms with van der Waals surface area (Å²) in [7, 11) is 0. The lowest BCUT2D eigenvalue weighted by Gasteiger charge is -2.53. The molecule has 120 valence electrons. The maximum Gasteiger partial charge on any atom is 0.228 e. The SMILES string of the molecule is Cc1nc2cc(NC(=O)C3C4CC5CC(C4)CC3C5)ccc2o1. The lowest BCUT2D eigenvalue weighted by atomic mass is 9.51. The molecule has 4 nitrogen and oxygen atoms in total. The van der Waals surface area contributed by atoms with E-state index in [0.717, 1.165) is 28.6 Å². The van der Waals surface area contributed by atoms with Crippen molar-refractivity contribution in [3.05, 3.63) is 24.1 Å². The van der Waals surface area contributed by atoms with Crippen LogP contribution in [0.5, 0.6) is 0 Å². The van der Waals surface area contributed by atoms with E-state index in [-0.39, 0.29) is 11.8 Å². The summed E-state index contributed by atoms with van der Waals surface area (Å²) in [4.78, 5) is 17.2. The maximum atomic E-state index is 12.9. The van der Waals surface area contributed by atoms with E-state index < -0.39 is 0 Å². The van der Waals surface area contributed by atoms with Gasteiger partial charge in [-0.2, -0.15) is 0 Å². The molecule has 2 aromatic rings. The van der Waals surface area contributed by atoms with Crippen molar-refractivity contribution < 1.29 is 9.21 Å². The Kier molecular flexibility index (Phi) is 2.85. The summed E-state index contributed by atoms with van der Waals surface area (Å²) in [5.74, 6) is 4.13. The van der Waals surface area contributed by atoms with Gasteiger partial charge < -0.3 is 9.73 Å². The molecule has 4 saturated carbocycles. The standard InChI is InChI=1S/C19H22N2O2/c1-10-20-16-9-15(2-3-17(16)23-10)21-19(22)18-13-5-11-4-12(7-13)8-14(18)6-11/h2-3,9,11-14,18H,4-8H2,1H3,(H,21,22). The molecule has 0 spiro atoms. The van der Waals surface area contributed by atoms with E-state index in [2.05, 4.69) is 10.3 Å². The molecule has 0 radical (unpaired) electrons. The molecule has 1 heterocycles. The van der Waals surface area contributed by atoms with Gasteiger partial charge in [-0.05, 0) is 74.0 Å². The van der Waals surface area contributed by atoms with Crippen LogP contribution in [0.15, 0.2) is 22.6 Å².